The van der Waals surface area contributed by atoms with Gasteiger partial charge in [0.15, 0.2) is 5.69 Å². The van der Waals surface area contributed by atoms with Crippen molar-refractivity contribution in [2.75, 3.05) is 19.6 Å². The molecule has 1 amide bonds. The van der Waals surface area contributed by atoms with Gasteiger partial charge in [0.05, 0.1) is 10.4 Å². The minimum Gasteiger partial charge on any atom is -0.351 e. The number of aromatic amines is 1. The molecule has 1 fully saturated rings. The summed E-state index contributed by atoms with van der Waals surface area (Å²) in [7, 11) is 0. The summed E-state index contributed by atoms with van der Waals surface area (Å²) in [5.74, 6) is 0.287. The number of H-pyrrole nitrogens is 1. The van der Waals surface area contributed by atoms with Gasteiger partial charge in [-0.05, 0) is 37.9 Å². The molecule has 1 aromatic carbocycles. The number of hydrogen-bond acceptors (Lipinski definition) is 5. The molecule has 1 aliphatic rings. The molecule has 1 aromatic heterocycles. The zero-order valence-corrected chi connectivity index (χ0v) is 12.0. The van der Waals surface area contributed by atoms with E-state index in [2.05, 4.69) is 20.8 Å². The van der Waals surface area contributed by atoms with Gasteiger partial charge in [-0.1, -0.05) is 0 Å². The molecule has 22 heavy (non-hydrogen) atoms. The van der Waals surface area contributed by atoms with E-state index in [-0.39, 0.29) is 17.3 Å². The highest BCUT2D eigenvalue weighted by Gasteiger charge is 2.18. The molecule has 1 atom stereocenters. The zero-order chi connectivity index (χ0) is 15.5. The molecule has 1 saturated heterocycles. The van der Waals surface area contributed by atoms with Gasteiger partial charge in [0.1, 0.15) is 0 Å². The van der Waals surface area contributed by atoms with Gasteiger partial charge in [-0.25, -0.2) is 0 Å². The third kappa shape index (κ3) is 2.91. The number of rotatable bonds is 5. The van der Waals surface area contributed by atoms with Crippen LogP contribution in [0, 0.1) is 16.0 Å². The smallest absolute Gasteiger partial charge is 0.272 e. The van der Waals surface area contributed by atoms with Crippen molar-refractivity contribution in [3.05, 3.63) is 34.0 Å². The zero-order valence-electron chi connectivity index (χ0n) is 12.0. The van der Waals surface area contributed by atoms with Crippen LogP contribution in [0.2, 0.25) is 0 Å². The van der Waals surface area contributed by atoms with E-state index in [1.54, 1.807) is 6.07 Å². The first kappa shape index (κ1) is 14.5. The molecule has 0 bridgehead atoms. The van der Waals surface area contributed by atoms with E-state index >= 15 is 0 Å². The third-order valence-corrected chi connectivity index (χ3v) is 3.97. The Bertz CT molecular complexity index is 706. The van der Waals surface area contributed by atoms with Crippen molar-refractivity contribution in [1.82, 2.24) is 20.8 Å². The summed E-state index contributed by atoms with van der Waals surface area (Å²) >= 11 is 0. The van der Waals surface area contributed by atoms with Crippen LogP contribution >= 0.6 is 0 Å². The van der Waals surface area contributed by atoms with Crippen molar-refractivity contribution in [2.24, 2.45) is 5.92 Å². The third-order valence-electron chi connectivity index (χ3n) is 3.97. The topological polar surface area (TPSA) is 113 Å². The van der Waals surface area contributed by atoms with Gasteiger partial charge in [0, 0.05) is 24.1 Å². The summed E-state index contributed by atoms with van der Waals surface area (Å²) in [6.07, 6.45) is 2.05. The van der Waals surface area contributed by atoms with Crippen LogP contribution in [0.25, 0.3) is 10.9 Å². The Morgan fingerprint density at radius 1 is 1.50 bits per heavy atom. The van der Waals surface area contributed by atoms with Crippen LogP contribution < -0.4 is 10.6 Å². The molecule has 116 valence electrons. The molecule has 2 heterocycles. The maximum atomic E-state index is 12.2. The van der Waals surface area contributed by atoms with Crippen LogP contribution in [0.4, 0.5) is 5.69 Å². The number of benzene rings is 1. The van der Waals surface area contributed by atoms with Gasteiger partial charge >= 0.3 is 0 Å². The monoisotopic (exact) mass is 303 g/mol. The average molecular weight is 303 g/mol. The summed E-state index contributed by atoms with van der Waals surface area (Å²) in [6, 6.07) is 4.31. The lowest BCUT2D eigenvalue weighted by Gasteiger charge is -2.08. The second-order valence-corrected chi connectivity index (χ2v) is 5.46. The van der Waals surface area contributed by atoms with E-state index < -0.39 is 4.92 Å². The number of aromatic nitrogens is 2. The maximum Gasteiger partial charge on any atom is 0.272 e. The predicted octanol–water partition coefficient (Wildman–Crippen LogP) is 1.20. The lowest BCUT2D eigenvalue weighted by Crippen LogP contribution is -2.26. The van der Waals surface area contributed by atoms with Crippen LogP contribution in [-0.4, -0.2) is 40.7 Å². The molecule has 8 nitrogen and oxygen atoms in total. The molecule has 0 saturated carbocycles. The van der Waals surface area contributed by atoms with E-state index in [0.717, 1.165) is 25.9 Å². The Kier molecular flexibility index (Phi) is 4.01. The minimum atomic E-state index is -0.485. The van der Waals surface area contributed by atoms with E-state index in [1.165, 1.54) is 12.1 Å². The van der Waals surface area contributed by atoms with Crippen LogP contribution in [0.5, 0.6) is 0 Å². The first-order valence-electron chi connectivity index (χ1n) is 7.26. The van der Waals surface area contributed by atoms with Gasteiger partial charge in [0.2, 0.25) is 0 Å². The quantitative estimate of drug-likeness (QED) is 0.567. The number of amides is 1. The maximum absolute atomic E-state index is 12.2. The van der Waals surface area contributed by atoms with Crippen molar-refractivity contribution in [3.8, 4) is 0 Å². The Labute approximate surface area is 126 Å². The van der Waals surface area contributed by atoms with Gasteiger partial charge in [0.25, 0.3) is 11.6 Å². The van der Waals surface area contributed by atoms with E-state index in [9.17, 15) is 14.9 Å². The number of carbonyl (C=O) groups is 1. The van der Waals surface area contributed by atoms with E-state index in [1.807, 2.05) is 0 Å². The van der Waals surface area contributed by atoms with Crippen molar-refractivity contribution in [1.29, 1.82) is 0 Å². The number of nitrogens with zero attached hydrogens (tertiary/aromatic N) is 2. The molecule has 0 aliphatic carbocycles. The van der Waals surface area contributed by atoms with Crippen molar-refractivity contribution >= 4 is 22.5 Å². The Balaban J connectivity index is 1.70. The van der Waals surface area contributed by atoms with Crippen LogP contribution in [0.3, 0.4) is 0 Å². The fourth-order valence-electron chi connectivity index (χ4n) is 2.72. The molecular formula is C14H17N5O3. The lowest BCUT2D eigenvalue weighted by molar-refractivity contribution is -0.384. The highest BCUT2D eigenvalue weighted by Crippen LogP contribution is 2.22. The van der Waals surface area contributed by atoms with E-state index in [4.69, 9.17) is 0 Å². The van der Waals surface area contributed by atoms with Gasteiger partial charge in [-0.2, -0.15) is 5.10 Å². The van der Waals surface area contributed by atoms with Crippen LogP contribution in [-0.2, 0) is 0 Å². The van der Waals surface area contributed by atoms with Crippen LogP contribution in [0.1, 0.15) is 23.3 Å². The highest BCUT2D eigenvalue weighted by atomic mass is 16.6. The molecule has 1 unspecified atom stereocenters. The molecular weight excluding hydrogens is 286 g/mol. The largest absolute Gasteiger partial charge is 0.351 e. The van der Waals surface area contributed by atoms with Gasteiger partial charge in [-0.15, -0.1) is 0 Å². The molecule has 0 spiro atoms. The van der Waals surface area contributed by atoms with E-state index in [0.29, 0.717) is 23.4 Å². The standard InChI is InChI=1S/C14H17N5O3/c20-14(16-6-4-9-3-5-15-8-9)13-11-7-10(19(21)22)1-2-12(11)17-18-13/h1-2,7,9,15H,3-6,8H2,(H,16,20)(H,17,18). The molecule has 2 aromatic rings. The molecule has 3 rings (SSSR count). The van der Waals surface area contributed by atoms with Crippen molar-refractivity contribution < 1.29 is 9.72 Å². The second kappa shape index (κ2) is 6.10. The first-order valence-corrected chi connectivity index (χ1v) is 7.26. The Morgan fingerprint density at radius 2 is 2.36 bits per heavy atom. The number of carbonyl (C=O) groups excluding carboxylic acids is 1. The summed E-state index contributed by atoms with van der Waals surface area (Å²) in [5, 5.41) is 24.1. The number of nitrogens with one attached hydrogen (secondary N) is 3. The Hall–Kier alpha value is -2.48. The highest BCUT2D eigenvalue weighted by molar-refractivity contribution is 6.05. The van der Waals surface area contributed by atoms with Gasteiger partial charge < -0.3 is 10.6 Å². The van der Waals surface area contributed by atoms with Crippen molar-refractivity contribution in [2.45, 2.75) is 12.8 Å². The van der Waals surface area contributed by atoms with Crippen molar-refractivity contribution in [3.63, 3.8) is 0 Å². The Morgan fingerprint density at radius 3 is 3.09 bits per heavy atom. The number of hydrogen-bond donors (Lipinski definition) is 3. The SMILES string of the molecule is O=C(NCCC1CCNC1)c1n[nH]c2ccc([N+](=O)[O-])cc12. The molecule has 8 heteroatoms. The minimum absolute atomic E-state index is 0.0556. The fraction of sp³-hybridized carbons (Fsp3) is 0.429. The normalized spacial score (nSPS) is 17.7. The number of fused-ring (bicyclic) bond motifs is 1. The summed E-state index contributed by atoms with van der Waals surface area (Å²) in [4.78, 5) is 22.5. The molecule has 1 aliphatic heterocycles. The second-order valence-electron chi connectivity index (χ2n) is 5.46. The summed E-state index contributed by atoms with van der Waals surface area (Å²) < 4.78 is 0. The molecule has 3 N–H and O–H groups in total. The summed E-state index contributed by atoms with van der Waals surface area (Å²) in [6.45, 7) is 2.61. The average Bonchev–Trinajstić information content (AvgIpc) is 3.15. The van der Waals surface area contributed by atoms with Gasteiger partial charge in [-0.3, -0.25) is 20.0 Å². The lowest BCUT2D eigenvalue weighted by atomic mass is 10.1. The number of nitro groups is 1. The van der Waals surface area contributed by atoms with Crippen LogP contribution in [0.15, 0.2) is 18.2 Å². The molecule has 0 radical (unpaired) electrons. The summed E-state index contributed by atoms with van der Waals surface area (Å²) in [5.41, 5.74) is 0.749. The fourth-order valence-corrected chi connectivity index (χ4v) is 2.72. The number of nitro benzene ring substituents is 1. The first-order chi connectivity index (χ1) is 10.6. The predicted molar refractivity (Wildman–Crippen MR) is 80.7 cm³/mol. The number of non-ortho nitro benzene ring substituents is 1.